The van der Waals surface area contributed by atoms with Crippen molar-refractivity contribution >= 4 is 32.8 Å². The van der Waals surface area contributed by atoms with Crippen LogP contribution in [0.3, 0.4) is 0 Å². The highest BCUT2D eigenvalue weighted by Crippen LogP contribution is 2.34. The quantitative estimate of drug-likeness (QED) is 0.922. The number of fused-ring (bicyclic) bond motifs is 1. The van der Waals surface area contributed by atoms with Gasteiger partial charge in [0, 0.05) is 9.86 Å². The van der Waals surface area contributed by atoms with Crippen molar-refractivity contribution in [2.45, 2.75) is 31.7 Å². The molecule has 0 aliphatic heterocycles. The number of carboxylic acids is 1. The van der Waals surface area contributed by atoms with Crippen LogP contribution in [0.4, 0.5) is 0 Å². The van der Waals surface area contributed by atoms with E-state index in [1.54, 1.807) is 12.1 Å². The second kappa shape index (κ2) is 4.39. The summed E-state index contributed by atoms with van der Waals surface area (Å²) in [5, 5.41) is 14.5. The first-order valence-corrected chi connectivity index (χ1v) is 6.86. The van der Waals surface area contributed by atoms with Crippen LogP contribution in [0, 0.1) is 0 Å². The molecule has 1 aromatic carbocycles. The number of rotatable bonds is 2. The van der Waals surface area contributed by atoms with Gasteiger partial charge in [-0.25, -0.2) is 4.79 Å². The maximum atomic E-state index is 11.1. The molecular formula is C13H13BrN2O2. The molecule has 1 aliphatic rings. The monoisotopic (exact) mass is 308 g/mol. The van der Waals surface area contributed by atoms with Crippen molar-refractivity contribution in [2.24, 2.45) is 0 Å². The molecule has 0 saturated heterocycles. The van der Waals surface area contributed by atoms with Gasteiger partial charge >= 0.3 is 5.97 Å². The number of hydrogen-bond donors (Lipinski definition) is 1. The fraction of sp³-hybridized carbons (Fsp3) is 0.385. The molecule has 0 radical (unpaired) electrons. The van der Waals surface area contributed by atoms with E-state index in [1.165, 1.54) is 12.8 Å². The fourth-order valence-corrected chi connectivity index (χ4v) is 3.22. The number of aromatic nitrogens is 2. The van der Waals surface area contributed by atoms with Gasteiger partial charge in [0.15, 0.2) is 0 Å². The lowest BCUT2D eigenvalue weighted by atomic mass is 10.1. The summed E-state index contributed by atoms with van der Waals surface area (Å²) >= 11 is 3.42. The summed E-state index contributed by atoms with van der Waals surface area (Å²) in [5.41, 5.74) is 1.21. The van der Waals surface area contributed by atoms with E-state index in [0.717, 1.165) is 28.2 Å². The van der Waals surface area contributed by atoms with Crippen LogP contribution in [0.1, 0.15) is 42.1 Å². The molecule has 0 spiro atoms. The molecule has 1 heterocycles. The van der Waals surface area contributed by atoms with E-state index in [0.29, 0.717) is 11.6 Å². The zero-order valence-corrected chi connectivity index (χ0v) is 11.4. The van der Waals surface area contributed by atoms with E-state index < -0.39 is 5.97 Å². The Morgan fingerprint density at radius 3 is 2.78 bits per heavy atom. The van der Waals surface area contributed by atoms with Crippen molar-refractivity contribution in [3.8, 4) is 0 Å². The van der Waals surface area contributed by atoms with E-state index in [-0.39, 0.29) is 0 Å². The molecule has 0 unspecified atom stereocenters. The van der Waals surface area contributed by atoms with Crippen LogP contribution >= 0.6 is 15.9 Å². The Morgan fingerprint density at radius 2 is 2.11 bits per heavy atom. The Labute approximate surface area is 113 Å². The SMILES string of the molecule is O=C(O)c1cc(Br)c2cnn(C3CCCC3)c2c1. The Morgan fingerprint density at radius 1 is 1.39 bits per heavy atom. The maximum Gasteiger partial charge on any atom is 0.335 e. The highest BCUT2D eigenvalue weighted by Gasteiger charge is 2.20. The number of nitrogens with zero attached hydrogens (tertiary/aromatic N) is 2. The highest BCUT2D eigenvalue weighted by atomic mass is 79.9. The molecule has 0 bridgehead atoms. The van der Waals surface area contributed by atoms with Gasteiger partial charge in [0.05, 0.1) is 23.3 Å². The molecule has 1 aliphatic carbocycles. The van der Waals surface area contributed by atoms with Gasteiger partial charge in [0.2, 0.25) is 0 Å². The molecule has 3 rings (SSSR count). The average molecular weight is 309 g/mol. The lowest BCUT2D eigenvalue weighted by Crippen LogP contribution is -2.06. The molecular weight excluding hydrogens is 296 g/mol. The van der Waals surface area contributed by atoms with Crippen LogP contribution < -0.4 is 0 Å². The minimum atomic E-state index is -0.906. The molecule has 5 heteroatoms. The van der Waals surface area contributed by atoms with Gasteiger partial charge in [-0.05, 0) is 25.0 Å². The number of halogens is 1. The number of carboxylic acid groups (broad SMARTS) is 1. The molecule has 2 aromatic rings. The predicted molar refractivity (Wildman–Crippen MR) is 71.9 cm³/mol. The van der Waals surface area contributed by atoms with Crippen LogP contribution in [0.25, 0.3) is 10.9 Å². The smallest absolute Gasteiger partial charge is 0.335 e. The lowest BCUT2D eigenvalue weighted by molar-refractivity contribution is 0.0697. The number of hydrogen-bond acceptors (Lipinski definition) is 2. The van der Waals surface area contributed by atoms with Gasteiger partial charge in [-0.2, -0.15) is 5.10 Å². The number of benzene rings is 1. The molecule has 0 amide bonds. The van der Waals surface area contributed by atoms with Crippen molar-refractivity contribution in [3.05, 3.63) is 28.4 Å². The lowest BCUT2D eigenvalue weighted by Gasteiger charge is -2.11. The van der Waals surface area contributed by atoms with Crippen LogP contribution in [0.2, 0.25) is 0 Å². The summed E-state index contributed by atoms with van der Waals surface area (Å²) in [6.07, 6.45) is 6.53. The van der Waals surface area contributed by atoms with Crippen molar-refractivity contribution in [3.63, 3.8) is 0 Å². The second-order valence-electron chi connectivity index (χ2n) is 4.72. The van der Waals surface area contributed by atoms with Crippen molar-refractivity contribution in [1.29, 1.82) is 0 Å². The molecule has 0 atom stereocenters. The third kappa shape index (κ3) is 1.82. The van der Waals surface area contributed by atoms with Gasteiger partial charge in [0.1, 0.15) is 0 Å². The molecule has 18 heavy (non-hydrogen) atoms. The fourth-order valence-electron chi connectivity index (χ4n) is 2.67. The second-order valence-corrected chi connectivity index (χ2v) is 5.58. The first-order chi connectivity index (χ1) is 8.66. The standard InChI is InChI=1S/C13H13BrN2O2/c14-11-5-8(13(17)18)6-12-10(11)7-15-16(12)9-3-1-2-4-9/h5-7,9H,1-4H2,(H,17,18). The molecule has 94 valence electrons. The van der Waals surface area contributed by atoms with Crippen LogP contribution in [0.5, 0.6) is 0 Å². The maximum absolute atomic E-state index is 11.1. The topological polar surface area (TPSA) is 55.1 Å². The van der Waals surface area contributed by atoms with Crippen LogP contribution in [-0.4, -0.2) is 20.9 Å². The van der Waals surface area contributed by atoms with Crippen LogP contribution in [0.15, 0.2) is 22.8 Å². The Bertz CT molecular complexity index is 615. The van der Waals surface area contributed by atoms with E-state index in [9.17, 15) is 4.79 Å². The van der Waals surface area contributed by atoms with E-state index in [1.807, 2.05) is 10.9 Å². The Kier molecular flexibility index (Phi) is 2.86. The molecule has 1 fully saturated rings. The van der Waals surface area contributed by atoms with Gasteiger partial charge in [0.25, 0.3) is 0 Å². The van der Waals surface area contributed by atoms with Gasteiger partial charge in [-0.1, -0.05) is 28.8 Å². The summed E-state index contributed by atoms with van der Waals surface area (Å²) in [5.74, 6) is -0.906. The predicted octanol–water partition coefficient (Wildman–Crippen LogP) is 3.61. The van der Waals surface area contributed by atoms with Crippen molar-refractivity contribution < 1.29 is 9.90 Å². The third-order valence-electron chi connectivity index (χ3n) is 3.58. The number of aromatic carboxylic acids is 1. The van der Waals surface area contributed by atoms with Crippen molar-refractivity contribution in [2.75, 3.05) is 0 Å². The summed E-state index contributed by atoms with van der Waals surface area (Å²) in [4.78, 5) is 11.1. The van der Waals surface area contributed by atoms with Crippen molar-refractivity contribution in [1.82, 2.24) is 9.78 Å². The molecule has 4 nitrogen and oxygen atoms in total. The Hall–Kier alpha value is -1.36. The molecule has 1 aromatic heterocycles. The van der Waals surface area contributed by atoms with Gasteiger partial charge in [-0.3, -0.25) is 4.68 Å². The first-order valence-electron chi connectivity index (χ1n) is 6.07. The van der Waals surface area contributed by atoms with E-state index >= 15 is 0 Å². The Balaban J connectivity index is 2.18. The summed E-state index contributed by atoms with van der Waals surface area (Å²) < 4.78 is 2.78. The highest BCUT2D eigenvalue weighted by molar-refractivity contribution is 9.10. The minimum Gasteiger partial charge on any atom is -0.478 e. The van der Waals surface area contributed by atoms with Crippen LogP contribution in [-0.2, 0) is 0 Å². The van der Waals surface area contributed by atoms with E-state index in [4.69, 9.17) is 5.11 Å². The average Bonchev–Trinajstić information content (AvgIpc) is 2.96. The molecule has 1 N–H and O–H groups in total. The largest absolute Gasteiger partial charge is 0.478 e. The number of carbonyl (C=O) groups is 1. The zero-order chi connectivity index (χ0) is 12.7. The molecule has 1 saturated carbocycles. The summed E-state index contributed by atoms with van der Waals surface area (Å²) in [6.45, 7) is 0. The van der Waals surface area contributed by atoms with Gasteiger partial charge in [-0.15, -0.1) is 0 Å². The zero-order valence-electron chi connectivity index (χ0n) is 9.77. The first kappa shape index (κ1) is 11.7. The third-order valence-corrected chi connectivity index (χ3v) is 4.24. The minimum absolute atomic E-state index is 0.300. The summed E-state index contributed by atoms with van der Waals surface area (Å²) in [7, 11) is 0. The van der Waals surface area contributed by atoms with Gasteiger partial charge < -0.3 is 5.11 Å². The van der Waals surface area contributed by atoms with E-state index in [2.05, 4.69) is 21.0 Å². The summed E-state index contributed by atoms with van der Waals surface area (Å²) in [6, 6.07) is 3.76. The normalized spacial score (nSPS) is 16.5.